The van der Waals surface area contributed by atoms with Gasteiger partial charge in [-0.15, -0.1) is 0 Å². The van der Waals surface area contributed by atoms with Crippen molar-refractivity contribution in [3.8, 4) is 0 Å². The van der Waals surface area contributed by atoms with Crippen LogP contribution in [0.4, 0.5) is 0 Å². The number of guanidine groups is 1. The molecule has 0 radical (unpaired) electrons. The van der Waals surface area contributed by atoms with Crippen LogP contribution in [0.2, 0.25) is 0 Å². The maximum atomic E-state index is 5.59. The molecule has 0 aromatic carbocycles. The third-order valence-corrected chi connectivity index (χ3v) is 4.13. The molecule has 0 bridgehead atoms. The zero-order chi connectivity index (χ0) is 15.4. The third kappa shape index (κ3) is 11.4. The van der Waals surface area contributed by atoms with E-state index in [9.17, 15) is 0 Å². The van der Waals surface area contributed by atoms with Crippen LogP contribution in [-0.2, 0) is 4.74 Å². The summed E-state index contributed by atoms with van der Waals surface area (Å²) in [5, 5.41) is 6.57. The van der Waals surface area contributed by atoms with Gasteiger partial charge in [-0.2, -0.15) is 11.8 Å². The van der Waals surface area contributed by atoms with Gasteiger partial charge in [0.1, 0.15) is 0 Å². The van der Waals surface area contributed by atoms with E-state index in [-0.39, 0.29) is 4.75 Å². The normalized spacial score (nSPS) is 12.8. The summed E-state index contributed by atoms with van der Waals surface area (Å²) in [6.07, 6.45) is 3.24. The Morgan fingerprint density at radius 2 is 1.95 bits per heavy atom. The number of hydrogen-bond donors (Lipinski definition) is 2. The quantitative estimate of drug-likeness (QED) is 0.370. The fraction of sp³-hybridized carbons (Fsp3) is 0.933. The van der Waals surface area contributed by atoms with Crippen LogP contribution in [0, 0.1) is 5.92 Å². The summed E-state index contributed by atoms with van der Waals surface area (Å²) in [5.41, 5.74) is 0. The lowest BCUT2D eigenvalue weighted by Crippen LogP contribution is -2.40. The van der Waals surface area contributed by atoms with Gasteiger partial charge in [-0.1, -0.05) is 13.8 Å². The van der Waals surface area contributed by atoms with Crippen molar-refractivity contribution in [2.75, 3.05) is 39.1 Å². The van der Waals surface area contributed by atoms with Crippen molar-refractivity contribution >= 4 is 17.7 Å². The first kappa shape index (κ1) is 19.6. The first-order valence-corrected chi connectivity index (χ1v) is 8.79. The highest BCUT2D eigenvalue weighted by molar-refractivity contribution is 7.99. The molecule has 0 aromatic heterocycles. The van der Waals surface area contributed by atoms with E-state index < -0.39 is 0 Å². The largest absolute Gasteiger partial charge is 0.380 e. The first-order valence-electron chi connectivity index (χ1n) is 7.56. The molecule has 0 rings (SSSR count). The molecular weight excluding hydrogens is 270 g/mol. The molecule has 120 valence electrons. The highest BCUT2D eigenvalue weighted by Gasteiger charge is 2.15. The maximum absolute atomic E-state index is 5.59. The van der Waals surface area contributed by atoms with Gasteiger partial charge in [0.2, 0.25) is 0 Å². The van der Waals surface area contributed by atoms with Gasteiger partial charge in [0.15, 0.2) is 5.96 Å². The molecule has 0 aliphatic carbocycles. The van der Waals surface area contributed by atoms with Crippen LogP contribution in [0.15, 0.2) is 4.99 Å². The summed E-state index contributed by atoms with van der Waals surface area (Å²) in [7, 11) is 0. The molecule has 0 aliphatic rings. The summed E-state index contributed by atoms with van der Waals surface area (Å²) < 4.78 is 5.77. The number of ether oxygens (including phenoxy) is 1. The Hall–Kier alpha value is -0.420. The van der Waals surface area contributed by atoms with Gasteiger partial charge in [-0.25, -0.2) is 0 Å². The minimum atomic E-state index is 0.177. The van der Waals surface area contributed by atoms with Crippen LogP contribution < -0.4 is 10.6 Å². The highest BCUT2D eigenvalue weighted by atomic mass is 32.2. The Kier molecular flexibility index (Phi) is 11.0. The van der Waals surface area contributed by atoms with Crippen molar-refractivity contribution < 1.29 is 4.74 Å². The van der Waals surface area contributed by atoms with Gasteiger partial charge >= 0.3 is 0 Å². The summed E-state index contributed by atoms with van der Waals surface area (Å²) in [5.74, 6) is 1.58. The Labute approximate surface area is 129 Å². The molecule has 4 nitrogen and oxygen atoms in total. The molecule has 0 aliphatic heterocycles. The standard InChI is InChI=1S/C15H33N3OS/c1-7-16-14(18-12-15(4,5)20-6)17-9-11-19-10-8-13(2)3/h13H,7-12H2,1-6H3,(H2,16,17,18). The topological polar surface area (TPSA) is 45.7 Å². The van der Waals surface area contributed by atoms with Gasteiger partial charge in [0, 0.05) is 24.4 Å². The fourth-order valence-electron chi connectivity index (χ4n) is 1.34. The Bertz CT molecular complexity index is 268. The monoisotopic (exact) mass is 303 g/mol. The van der Waals surface area contributed by atoms with Crippen LogP contribution in [0.5, 0.6) is 0 Å². The molecule has 0 heterocycles. The van der Waals surface area contributed by atoms with Gasteiger partial charge in [0.05, 0.1) is 13.2 Å². The second kappa shape index (κ2) is 11.3. The maximum Gasteiger partial charge on any atom is 0.191 e. The Morgan fingerprint density at radius 3 is 2.50 bits per heavy atom. The average molecular weight is 304 g/mol. The lowest BCUT2D eigenvalue weighted by atomic mass is 10.1. The molecule has 0 saturated heterocycles. The van der Waals surface area contributed by atoms with E-state index in [4.69, 9.17) is 4.74 Å². The zero-order valence-electron chi connectivity index (χ0n) is 14.1. The number of aliphatic imine (C=N–C) groups is 1. The van der Waals surface area contributed by atoms with Crippen LogP contribution >= 0.6 is 11.8 Å². The Balaban J connectivity index is 3.93. The molecule has 0 fully saturated rings. The summed E-state index contributed by atoms with van der Waals surface area (Å²) in [6, 6.07) is 0. The molecule has 20 heavy (non-hydrogen) atoms. The van der Waals surface area contributed by atoms with Gasteiger partial charge < -0.3 is 15.4 Å². The Morgan fingerprint density at radius 1 is 1.25 bits per heavy atom. The average Bonchev–Trinajstić information content (AvgIpc) is 2.39. The third-order valence-electron chi connectivity index (χ3n) is 2.89. The predicted molar refractivity (Wildman–Crippen MR) is 91.8 cm³/mol. The second-order valence-electron chi connectivity index (χ2n) is 5.88. The summed E-state index contributed by atoms with van der Waals surface area (Å²) >= 11 is 1.84. The minimum absolute atomic E-state index is 0.177. The molecule has 0 unspecified atom stereocenters. The van der Waals surface area contributed by atoms with Crippen molar-refractivity contribution in [2.45, 2.75) is 45.8 Å². The molecule has 0 amide bonds. The molecule has 0 aromatic rings. The number of nitrogens with zero attached hydrogens (tertiary/aromatic N) is 1. The highest BCUT2D eigenvalue weighted by Crippen LogP contribution is 2.20. The van der Waals surface area contributed by atoms with E-state index in [0.717, 1.165) is 45.2 Å². The smallest absolute Gasteiger partial charge is 0.191 e. The SMILES string of the molecule is CCNC(=NCC(C)(C)SC)NCCOCCC(C)C. The fourth-order valence-corrected chi connectivity index (χ4v) is 1.53. The number of thioether (sulfide) groups is 1. The first-order chi connectivity index (χ1) is 9.41. The van der Waals surface area contributed by atoms with Crippen LogP contribution in [-0.4, -0.2) is 49.8 Å². The summed E-state index contributed by atoms with van der Waals surface area (Å²) in [4.78, 5) is 4.62. The minimum Gasteiger partial charge on any atom is -0.380 e. The molecule has 2 N–H and O–H groups in total. The molecular formula is C15H33N3OS. The molecule has 0 saturated carbocycles. The van der Waals surface area contributed by atoms with Gasteiger partial charge in [-0.3, -0.25) is 4.99 Å². The lowest BCUT2D eigenvalue weighted by molar-refractivity contribution is 0.128. The van der Waals surface area contributed by atoms with Crippen LogP contribution in [0.1, 0.15) is 41.0 Å². The predicted octanol–water partition coefficient (Wildman–Crippen LogP) is 2.75. The van der Waals surface area contributed by atoms with Crippen molar-refractivity contribution in [3.63, 3.8) is 0 Å². The number of rotatable bonds is 10. The van der Waals surface area contributed by atoms with Crippen LogP contribution in [0.25, 0.3) is 0 Å². The van der Waals surface area contributed by atoms with Crippen molar-refractivity contribution in [1.29, 1.82) is 0 Å². The van der Waals surface area contributed by atoms with Gasteiger partial charge in [-0.05, 0) is 39.4 Å². The number of hydrogen-bond acceptors (Lipinski definition) is 3. The van der Waals surface area contributed by atoms with Crippen molar-refractivity contribution in [2.24, 2.45) is 10.9 Å². The van der Waals surface area contributed by atoms with Gasteiger partial charge in [0.25, 0.3) is 0 Å². The van der Waals surface area contributed by atoms with Crippen LogP contribution in [0.3, 0.4) is 0 Å². The number of nitrogens with one attached hydrogen (secondary N) is 2. The molecule has 0 atom stereocenters. The lowest BCUT2D eigenvalue weighted by Gasteiger charge is -2.20. The molecule has 0 spiro atoms. The molecule has 5 heteroatoms. The second-order valence-corrected chi connectivity index (χ2v) is 7.39. The zero-order valence-corrected chi connectivity index (χ0v) is 14.9. The van der Waals surface area contributed by atoms with E-state index in [1.165, 1.54) is 0 Å². The van der Waals surface area contributed by atoms with Crippen molar-refractivity contribution in [1.82, 2.24) is 10.6 Å². The van der Waals surface area contributed by atoms with Crippen molar-refractivity contribution in [3.05, 3.63) is 0 Å². The van der Waals surface area contributed by atoms with E-state index in [1.807, 2.05) is 11.8 Å². The summed E-state index contributed by atoms with van der Waals surface area (Å²) in [6.45, 7) is 15.0. The van der Waals surface area contributed by atoms with E-state index in [2.05, 4.69) is 56.5 Å². The van der Waals surface area contributed by atoms with E-state index >= 15 is 0 Å². The van der Waals surface area contributed by atoms with E-state index in [0.29, 0.717) is 5.92 Å². The van der Waals surface area contributed by atoms with E-state index in [1.54, 1.807) is 0 Å².